The maximum atomic E-state index is 4.96. The Bertz CT molecular complexity index is 692. The van der Waals surface area contributed by atoms with Crippen molar-refractivity contribution in [1.82, 2.24) is 15.2 Å². The highest BCUT2D eigenvalue weighted by Crippen LogP contribution is 2.39. The number of fused-ring (bicyclic) bond motifs is 2. The fourth-order valence-electron chi connectivity index (χ4n) is 2.67. The van der Waals surface area contributed by atoms with Crippen molar-refractivity contribution in [1.29, 1.82) is 0 Å². The first kappa shape index (κ1) is 12.9. The zero-order valence-electron chi connectivity index (χ0n) is 11.6. The summed E-state index contributed by atoms with van der Waals surface area (Å²) in [5, 5.41) is 4.44. The summed E-state index contributed by atoms with van der Waals surface area (Å²) in [6, 6.07) is 12.4. The summed E-state index contributed by atoms with van der Waals surface area (Å²) < 4.78 is 0. The van der Waals surface area contributed by atoms with Gasteiger partial charge in [-0.25, -0.2) is 9.98 Å². The fraction of sp³-hybridized carbons (Fsp3) is 0.250. The minimum atomic E-state index is 0.986. The average molecular weight is 296 g/mol. The second-order valence-electron chi connectivity index (χ2n) is 5.10. The highest BCUT2D eigenvalue weighted by molar-refractivity contribution is 7.99. The quantitative estimate of drug-likeness (QED) is 0.811. The van der Waals surface area contributed by atoms with Gasteiger partial charge < -0.3 is 10.2 Å². The van der Waals surface area contributed by atoms with Gasteiger partial charge in [-0.2, -0.15) is 0 Å². The molecular weight excluding hydrogens is 280 g/mol. The molecule has 21 heavy (non-hydrogen) atoms. The van der Waals surface area contributed by atoms with Crippen LogP contribution in [0.5, 0.6) is 0 Å². The largest absolute Gasteiger partial charge is 0.353 e. The molecule has 1 fully saturated rings. The molecule has 0 atom stereocenters. The van der Waals surface area contributed by atoms with Crippen LogP contribution in [-0.2, 0) is 0 Å². The molecule has 2 aromatic rings. The molecule has 4 rings (SSSR count). The van der Waals surface area contributed by atoms with Crippen LogP contribution in [0.15, 0.2) is 57.5 Å². The van der Waals surface area contributed by atoms with E-state index < -0.39 is 0 Å². The van der Waals surface area contributed by atoms with Crippen LogP contribution in [0.1, 0.15) is 5.56 Å². The SMILES string of the molecule is c1ccc2c(c1)N=C(N1CCNCC1)c1cccnc1S2. The molecule has 2 aliphatic heterocycles. The lowest BCUT2D eigenvalue weighted by Crippen LogP contribution is -2.46. The minimum absolute atomic E-state index is 0.986. The lowest BCUT2D eigenvalue weighted by molar-refractivity contribution is 0.357. The third-order valence-electron chi connectivity index (χ3n) is 3.73. The normalized spacial score (nSPS) is 17.5. The van der Waals surface area contributed by atoms with Gasteiger partial charge in [0, 0.05) is 42.8 Å². The molecule has 5 heteroatoms. The molecule has 0 bridgehead atoms. The number of pyridine rings is 1. The molecular formula is C16H16N4S. The lowest BCUT2D eigenvalue weighted by atomic mass is 10.2. The van der Waals surface area contributed by atoms with Gasteiger partial charge in [-0.15, -0.1) is 0 Å². The molecule has 0 saturated carbocycles. The van der Waals surface area contributed by atoms with Gasteiger partial charge >= 0.3 is 0 Å². The molecule has 0 spiro atoms. The number of hydrogen-bond donors (Lipinski definition) is 1. The van der Waals surface area contributed by atoms with Crippen molar-refractivity contribution in [3.63, 3.8) is 0 Å². The van der Waals surface area contributed by atoms with E-state index in [2.05, 4.69) is 39.5 Å². The summed E-state index contributed by atoms with van der Waals surface area (Å²) in [7, 11) is 0. The number of nitrogens with zero attached hydrogens (tertiary/aromatic N) is 3. The molecule has 1 N–H and O–H groups in total. The van der Waals surface area contributed by atoms with Gasteiger partial charge in [0.25, 0.3) is 0 Å². The average Bonchev–Trinajstić information content (AvgIpc) is 2.72. The predicted octanol–water partition coefficient (Wildman–Crippen LogP) is 2.53. The molecule has 0 unspecified atom stereocenters. The van der Waals surface area contributed by atoms with Gasteiger partial charge in [-0.3, -0.25) is 0 Å². The zero-order valence-corrected chi connectivity index (χ0v) is 12.4. The molecule has 0 amide bonds. The van der Waals surface area contributed by atoms with E-state index in [-0.39, 0.29) is 0 Å². The Morgan fingerprint density at radius 1 is 1.05 bits per heavy atom. The van der Waals surface area contributed by atoms with Gasteiger partial charge in [-0.1, -0.05) is 23.9 Å². The first-order valence-corrected chi connectivity index (χ1v) is 8.00. The number of hydrogen-bond acceptors (Lipinski definition) is 5. The Hall–Kier alpha value is -1.85. The number of benzene rings is 1. The number of piperazine rings is 1. The van der Waals surface area contributed by atoms with Gasteiger partial charge in [0.05, 0.1) is 5.69 Å². The van der Waals surface area contributed by atoms with E-state index in [1.54, 1.807) is 11.8 Å². The molecule has 2 aliphatic rings. The van der Waals surface area contributed by atoms with E-state index in [0.717, 1.165) is 48.3 Å². The van der Waals surface area contributed by atoms with Crippen molar-refractivity contribution >= 4 is 23.3 Å². The Morgan fingerprint density at radius 3 is 2.81 bits per heavy atom. The number of para-hydroxylation sites is 1. The summed E-state index contributed by atoms with van der Waals surface area (Å²) >= 11 is 1.70. The van der Waals surface area contributed by atoms with Gasteiger partial charge in [0.15, 0.2) is 0 Å². The Morgan fingerprint density at radius 2 is 1.90 bits per heavy atom. The number of aromatic nitrogens is 1. The summed E-state index contributed by atoms with van der Waals surface area (Å²) in [5.74, 6) is 1.05. The lowest BCUT2D eigenvalue weighted by Gasteiger charge is -2.30. The van der Waals surface area contributed by atoms with Gasteiger partial charge in [0.1, 0.15) is 10.9 Å². The number of rotatable bonds is 0. The summed E-state index contributed by atoms with van der Waals surface area (Å²) in [6.45, 7) is 3.98. The van der Waals surface area contributed by atoms with Crippen LogP contribution in [0.25, 0.3) is 0 Å². The molecule has 1 aromatic heterocycles. The molecule has 3 heterocycles. The third kappa shape index (κ3) is 2.43. The summed E-state index contributed by atoms with van der Waals surface area (Å²) in [5.41, 5.74) is 2.18. The van der Waals surface area contributed by atoms with E-state index in [0.29, 0.717) is 0 Å². The highest BCUT2D eigenvalue weighted by Gasteiger charge is 2.23. The van der Waals surface area contributed by atoms with Crippen LogP contribution in [0.4, 0.5) is 5.69 Å². The van der Waals surface area contributed by atoms with Crippen LogP contribution in [0, 0.1) is 0 Å². The molecule has 106 valence electrons. The highest BCUT2D eigenvalue weighted by atomic mass is 32.2. The number of aliphatic imine (C=N–C) groups is 1. The van der Waals surface area contributed by atoms with E-state index in [1.807, 2.05) is 18.3 Å². The number of nitrogens with one attached hydrogen (secondary N) is 1. The Labute approximate surface area is 128 Å². The van der Waals surface area contributed by atoms with Crippen molar-refractivity contribution in [2.24, 2.45) is 4.99 Å². The fourth-order valence-corrected chi connectivity index (χ4v) is 3.63. The predicted molar refractivity (Wildman–Crippen MR) is 85.4 cm³/mol. The van der Waals surface area contributed by atoms with Crippen molar-refractivity contribution in [2.75, 3.05) is 26.2 Å². The van der Waals surface area contributed by atoms with E-state index in [1.165, 1.54) is 4.90 Å². The van der Waals surface area contributed by atoms with Crippen LogP contribution in [0.3, 0.4) is 0 Å². The van der Waals surface area contributed by atoms with Crippen molar-refractivity contribution in [3.8, 4) is 0 Å². The van der Waals surface area contributed by atoms with Crippen molar-refractivity contribution in [2.45, 2.75) is 9.92 Å². The molecule has 4 nitrogen and oxygen atoms in total. The van der Waals surface area contributed by atoms with Crippen molar-refractivity contribution < 1.29 is 0 Å². The van der Waals surface area contributed by atoms with Crippen LogP contribution in [0.2, 0.25) is 0 Å². The first-order valence-electron chi connectivity index (χ1n) is 7.18. The Balaban J connectivity index is 1.87. The minimum Gasteiger partial charge on any atom is -0.353 e. The zero-order chi connectivity index (χ0) is 14.1. The third-order valence-corrected chi connectivity index (χ3v) is 4.81. The van der Waals surface area contributed by atoms with E-state index in [4.69, 9.17) is 4.99 Å². The molecule has 0 radical (unpaired) electrons. The summed E-state index contributed by atoms with van der Waals surface area (Å²) in [6.07, 6.45) is 1.86. The van der Waals surface area contributed by atoms with Crippen LogP contribution in [-0.4, -0.2) is 41.9 Å². The summed E-state index contributed by atoms with van der Waals surface area (Å²) in [4.78, 5) is 13.1. The van der Waals surface area contributed by atoms with Gasteiger partial charge in [0.2, 0.25) is 0 Å². The number of amidine groups is 1. The maximum Gasteiger partial charge on any atom is 0.139 e. The van der Waals surface area contributed by atoms with Crippen molar-refractivity contribution in [3.05, 3.63) is 48.2 Å². The topological polar surface area (TPSA) is 40.5 Å². The second-order valence-corrected chi connectivity index (χ2v) is 6.13. The molecule has 1 aromatic carbocycles. The van der Waals surface area contributed by atoms with Crippen LogP contribution < -0.4 is 5.32 Å². The van der Waals surface area contributed by atoms with Crippen LogP contribution >= 0.6 is 11.8 Å². The Kier molecular flexibility index (Phi) is 3.37. The smallest absolute Gasteiger partial charge is 0.139 e. The van der Waals surface area contributed by atoms with E-state index >= 15 is 0 Å². The standard InChI is InChI=1S/C16H16N4S/c1-2-6-14-13(5-1)19-15(20-10-8-17-9-11-20)12-4-3-7-18-16(12)21-14/h1-7,17H,8-11H2. The molecule has 0 aliphatic carbocycles. The second kappa shape index (κ2) is 5.50. The van der Waals surface area contributed by atoms with Gasteiger partial charge in [-0.05, 0) is 24.3 Å². The van der Waals surface area contributed by atoms with E-state index in [9.17, 15) is 0 Å². The monoisotopic (exact) mass is 296 g/mol. The molecule has 1 saturated heterocycles. The first-order chi connectivity index (χ1) is 10.4. The maximum absolute atomic E-state index is 4.96.